The standard InChI is InChI=1S/C5H6N2OS/c8-3-4(9)5-6-1-2-7-5/h3H,1-2H2,(H,6,7). The summed E-state index contributed by atoms with van der Waals surface area (Å²) in [5, 5.41) is 2.88. The molecule has 9 heavy (non-hydrogen) atoms. The second-order valence-corrected chi connectivity index (χ2v) is 2.08. The fourth-order valence-electron chi connectivity index (χ4n) is 0.619. The average molecular weight is 142 g/mol. The van der Waals surface area contributed by atoms with Gasteiger partial charge in [-0.15, -0.1) is 0 Å². The van der Waals surface area contributed by atoms with Gasteiger partial charge in [-0.05, 0) is 0 Å². The Morgan fingerprint density at radius 2 is 2.67 bits per heavy atom. The summed E-state index contributed by atoms with van der Waals surface area (Å²) in [4.78, 5) is 14.2. The summed E-state index contributed by atoms with van der Waals surface area (Å²) >= 11 is 4.65. The van der Waals surface area contributed by atoms with Gasteiger partial charge in [-0.25, -0.2) is 0 Å². The van der Waals surface area contributed by atoms with E-state index in [0.717, 1.165) is 13.1 Å². The molecular formula is C5H6N2OS. The Morgan fingerprint density at radius 3 is 3.11 bits per heavy atom. The molecule has 0 spiro atoms. The van der Waals surface area contributed by atoms with Gasteiger partial charge in [0.15, 0.2) is 6.29 Å². The van der Waals surface area contributed by atoms with Crippen molar-refractivity contribution in [1.29, 1.82) is 0 Å². The van der Waals surface area contributed by atoms with Gasteiger partial charge in [0.25, 0.3) is 0 Å². The van der Waals surface area contributed by atoms with Gasteiger partial charge in [0.1, 0.15) is 10.7 Å². The third kappa shape index (κ3) is 1.32. The normalized spacial score (nSPS) is 16.2. The van der Waals surface area contributed by atoms with E-state index in [1.54, 1.807) is 0 Å². The molecule has 1 N–H and O–H groups in total. The predicted molar refractivity (Wildman–Crippen MR) is 39.0 cm³/mol. The van der Waals surface area contributed by atoms with Crippen LogP contribution in [0.5, 0.6) is 0 Å². The Bertz CT molecular complexity index is 176. The Hall–Kier alpha value is -0.770. The van der Waals surface area contributed by atoms with Crippen molar-refractivity contribution in [2.45, 2.75) is 0 Å². The number of carbonyl (C=O) groups excluding carboxylic acids is 1. The molecule has 3 nitrogen and oxygen atoms in total. The van der Waals surface area contributed by atoms with Crippen molar-refractivity contribution in [2.24, 2.45) is 4.99 Å². The number of thiocarbonyl (C=S) groups is 1. The van der Waals surface area contributed by atoms with Gasteiger partial charge in [0.2, 0.25) is 0 Å². The molecule has 0 amide bonds. The van der Waals surface area contributed by atoms with Crippen molar-refractivity contribution in [1.82, 2.24) is 5.32 Å². The van der Waals surface area contributed by atoms with Crippen LogP contribution in [0.2, 0.25) is 0 Å². The van der Waals surface area contributed by atoms with Crippen molar-refractivity contribution < 1.29 is 4.79 Å². The van der Waals surface area contributed by atoms with E-state index < -0.39 is 0 Å². The first-order chi connectivity index (χ1) is 4.34. The monoisotopic (exact) mass is 142 g/mol. The van der Waals surface area contributed by atoms with Crippen LogP contribution in [0.3, 0.4) is 0 Å². The molecular weight excluding hydrogens is 136 g/mol. The fourth-order valence-corrected chi connectivity index (χ4v) is 0.755. The minimum Gasteiger partial charge on any atom is -0.367 e. The second-order valence-electron chi connectivity index (χ2n) is 1.64. The third-order valence-corrected chi connectivity index (χ3v) is 1.30. The molecule has 1 rings (SSSR count). The number of nitrogens with zero attached hydrogens (tertiary/aromatic N) is 1. The molecule has 0 saturated heterocycles. The van der Waals surface area contributed by atoms with Crippen LogP contribution in [0.1, 0.15) is 0 Å². The number of rotatable bonds is 2. The van der Waals surface area contributed by atoms with Crippen LogP contribution < -0.4 is 5.32 Å². The number of hydrogen-bond acceptors (Lipinski definition) is 4. The quantitative estimate of drug-likeness (QED) is 0.419. The van der Waals surface area contributed by atoms with Crippen LogP contribution in [0, 0.1) is 0 Å². The molecule has 0 aromatic carbocycles. The molecule has 0 unspecified atom stereocenters. The molecule has 4 heteroatoms. The molecule has 1 heterocycles. The van der Waals surface area contributed by atoms with E-state index in [-0.39, 0.29) is 4.86 Å². The minimum atomic E-state index is 0.271. The lowest BCUT2D eigenvalue weighted by molar-refractivity contribution is -0.102. The van der Waals surface area contributed by atoms with Gasteiger partial charge in [-0.2, -0.15) is 0 Å². The highest BCUT2D eigenvalue weighted by molar-refractivity contribution is 7.83. The first kappa shape index (κ1) is 6.35. The van der Waals surface area contributed by atoms with Crippen molar-refractivity contribution in [3.8, 4) is 0 Å². The van der Waals surface area contributed by atoms with Gasteiger partial charge >= 0.3 is 0 Å². The predicted octanol–water partition coefficient (Wildman–Crippen LogP) is -0.443. The molecule has 0 aromatic rings. The molecule has 1 aliphatic heterocycles. The Morgan fingerprint density at radius 1 is 1.89 bits per heavy atom. The summed E-state index contributed by atoms with van der Waals surface area (Å²) in [5.41, 5.74) is 0. The first-order valence-corrected chi connectivity index (χ1v) is 3.03. The number of nitrogens with one attached hydrogen (secondary N) is 1. The number of aldehydes is 1. The zero-order chi connectivity index (χ0) is 6.69. The lowest BCUT2D eigenvalue weighted by Gasteiger charge is -1.93. The van der Waals surface area contributed by atoms with E-state index >= 15 is 0 Å². The van der Waals surface area contributed by atoms with Gasteiger partial charge in [0.05, 0.1) is 6.54 Å². The summed E-state index contributed by atoms with van der Waals surface area (Å²) in [6.07, 6.45) is 0.631. The van der Waals surface area contributed by atoms with Crippen LogP contribution in [-0.4, -0.2) is 30.1 Å². The zero-order valence-corrected chi connectivity index (χ0v) is 5.57. The number of amidine groups is 1. The molecule has 0 bridgehead atoms. The molecule has 0 fully saturated rings. The van der Waals surface area contributed by atoms with Crippen molar-refractivity contribution >= 4 is 29.2 Å². The van der Waals surface area contributed by atoms with E-state index in [1.165, 1.54) is 0 Å². The minimum absolute atomic E-state index is 0.271. The van der Waals surface area contributed by atoms with E-state index in [4.69, 9.17) is 0 Å². The van der Waals surface area contributed by atoms with E-state index in [1.807, 2.05) is 0 Å². The highest BCUT2D eigenvalue weighted by atomic mass is 32.1. The molecule has 0 aromatic heterocycles. The van der Waals surface area contributed by atoms with Crippen LogP contribution in [0.15, 0.2) is 4.99 Å². The van der Waals surface area contributed by atoms with Crippen LogP contribution >= 0.6 is 12.2 Å². The fraction of sp³-hybridized carbons (Fsp3) is 0.400. The smallest absolute Gasteiger partial charge is 0.164 e. The van der Waals surface area contributed by atoms with Crippen molar-refractivity contribution in [3.05, 3.63) is 0 Å². The molecule has 0 aliphatic carbocycles. The summed E-state index contributed by atoms with van der Waals surface area (Å²) in [5.74, 6) is 0.569. The van der Waals surface area contributed by atoms with Gasteiger partial charge in [-0.1, -0.05) is 12.2 Å². The maximum absolute atomic E-state index is 10.0. The largest absolute Gasteiger partial charge is 0.367 e. The number of aliphatic imine (C=N–C) groups is 1. The van der Waals surface area contributed by atoms with Crippen molar-refractivity contribution in [2.75, 3.05) is 13.1 Å². The van der Waals surface area contributed by atoms with E-state index in [9.17, 15) is 4.79 Å². The molecule has 0 radical (unpaired) electrons. The van der Waals surface area contributed by atoms with Crippen molar-refractivity contribution in [3.63, 3.8) is 0 Å². The summed E-state index contributed by atoms with van der Waals surface area (Å²) in [6.45, 7) is 1.52. The average Bonchev–Trinajstić information content (AvgIpc) is 2.37. The summed E-state index contributed by atoms with van der Waals surface area (Å²) < 4.78 is 0. The van der Waals surface area contributed by atoms with Crippen LogP contribution in [0.25, 0.3) is 0 Å². The molecule has 0 saturated carbocycles. The summed E-state index contributed by atoms with van der Waals surface area (Å²) in [6, 6.07) is 0. The summed E-state index contributed by atoms with van der Waals surface area (Å²) in [7, 11) is 0. The zero-order valence-electron chi connectivity index (χ0n) is 4.76. The number of carbonyl (C=O) groups is 1. The van der Waals surface area contributed by atoms with Gasteiger partial charge in [-0.3, -0.25) is 9.79 Å². The van der Waals surface area contributed by atoms with Gasteiger partial charge in [0, 0.05) is 6.54 Å². The Kier molecular flexibility index (Phi) is 1.89. The maximum atomic E-state index is 10.0. The third-order valence-electron chi connectivity index (χ3n) is 1.01. The lowest BCUT2D eigenvalue weighted by atomic mass is 10.4. The van der Waals surface area contributed by atoms with E-state index in [0.29, 0.717) is 12.1 Å². The topological polar surface area (TPSA) is 41.5 Å². The highest BCUT2D eigenvalue weighted by Crippen LogP contribution is 1.86. The Balaban J connectivity index is 2.61. The molecule has 0 atom stereocenters. The first-order valence-electron chi connectivity index (χ1n) is 2.62. The Labute approximate surface area is 58.2 Å². The van der Waals surface area contributed by atoms with E-state index in [2.05, 4.69) is 22.5 Å². The highest BCUT2D eigenvalue weighted by Gasteiger charge is 2.08. The SMILES string of the molecule is O=CC(=S)C1=NCCN1. The van der Waals surface area contributed by atoms with Gasteiger partial charge < -0.3 is 5.32 Å². The molecule has 48 valence electrons. The van der Waals surface area contributed by atoms with Crippen LogP contribution in [0.4, 0.5) is 0 Å². The number of hydrogen-bond donors (Lipinski definition) is 1. The lowest BCUT2D eigenvalue weighted by Crippen LogP contribution is -2.26. The maximum Gasteiger partial charge on any atom is 0.164 e. The van der Waals surface area contributed by atoms with Crippen LogP contribution in [-0.2, 0) is 4.79 Å². The second kappa shape index (κ2) is 2.68. The molecule has 1 aliphatic rings.